The summed E-state index contributed by atoms with van der Waals surface area (Å²) in [6.45, 7) is 4.91. The molecule has 0 spiro atoms. The van der Waals surface area contributed by atoms with E-state index in [1.807, 2.05) is 19.3 Å². The van der Waals surface area contributed by atoms with Gasteiger partial charge in [0.15, 0.2) is 0 Å². The molecule has 0 unspecified atom stereocenters. The van der Waals surface area contributed by atoms with Crippen molar-refractivity contribution in [1.29, 1.82) is 0 Å². The molecule has 0 saturated heterocycles. The fourth-order valence-corrected chi connectivity index (χ4v) is 1.42. The number of rotatable bonds is 4. The summed E-state index contributed by atoms with van der Waals surface area (Å²) < 4.78 is 7.01. The smallest absolute Gasteiger partial charge is 0.322 e. The lowest BCUT2D eigenvalue weighted by atomic mass is 10.1. The van der Waals surface area contributed by atoms with Crippen molar-refractivity contribution in [3.05, 3.63) is 29.9 Å². The Balaban J connectivity index is 2.21. The van der Waals surface area contributed by atoms with Crippen LogP contribution in [0.4, 0.5) is 0 Å². The molecule has 2 heterocycles. The second kappa shape index (κ2) is 4.49. The third-order valence-corrected chi connectivity index (χ3v) is 2.29. The first-order valence-electron chi connectivity index (χ1n) is 5.35. The summed E-state index contributed by atoms with van der Waals surface area (Å²) in [5.41, 5.74) is 1.91. The first-order chi connectivity index (χ1) is 7.70. The van der Waals surface area contributed by atoms with Gasteiger partial charge in [-0.2, -0.15) is 14.8 Å². The topological polar surface area (TPSA) is 55.9 Å². The van der Waals surface area contributed by atoms with Gasteiger partial charge in [-0.1, -0.05) is 13.8 Å². The zero-order valence-electron chi connectivity index (χ0n) is 9.77. The van der Waals surface area contributed by atoms with E-state index in [4.69, 9.17) is 4.42 Å². The van der Waals surface area contributed by atoms with Crippen molar-refractivity contribution in [1.82, 2.24) is 20.1 Å². The van der Waals surface area contributed by atoms with E-state index in [-0.39, 0.29) is 0 Å². The van der Waals surface area contributed by atoms with E-state index in [0.717, 1.165) is 11.4 Å². The maximum absolute atomic E-state index is 5.35. The molecule has 0 saturated carbocycles. The lowest BCUT2D eigenvalue weighted by molar-refractivity contribution is 0.506. The van der Waals surface area contributed by atoms with Crippen molar-refractivity contribution in [2.24, 2.45) is 0 Å². The highest BCUT2D eigenvalue weighted by Crippen LogP contribution is 2.13. The molecule has 2 aromatic rings. The minimum atomic E-state index is 0.410. The van der Waals surface area contributed by atoms with Crippen molar-refractivity contribution in [3.63, 3.8) is 0 Å². The van der Waals surface area contributed by atoms with Gasteiger partial charge in [0.1, 0.15) is 6.26 Å². The van der Waals surface area contributed by atoms with E-state index >= 15 is 0 Å². The molecule has 2 rings (SSSR count). The van der Waals surface area contributed by atoms with E-state index in [9.17, 15) is 0 Å². The van der Waals surface area contributed by atoms with Crippen LogP contribution in [0.3, 0.4) is 0 Å². The van der Waals surface area contributed by atoms with Crippen molar-refractivity contribution in [2.45, 2.75) is 26.3 Å². The maximum Gasteiger partial charge on any atom is 0.322 e. The van der Waals surface area contributed by atoms with Crippen molar-refractivity contribution in [3.8, 4) is 6.01 Å². The van der Waals surface area contributed by atoms with Crippen molar-refractivity contribution in [2.75, 3.05) is 7.05 Å². The van der Waals surface area contributed by atoms with Gasteiger partial charge in [-0.3, -0.25) is 0 Å². The van der Waals surface area contributed by atoms with Crippen molar-refractivity contribution < 1.29 is 4.42 Å². The average molecular weight is 220 g/mol. The second-order valence-corrected chi connectivity index (χ2v) is 3.99. The quantitative estimate of drug-likeness (QED) is 0.852. The number of oxazole rings is 1. The van der Waals surface area contributed by atoms with Crippen LogP contribution in [0.5, 0.6) is 0 Å². The minimum absolute atomic E-state index is 0.410. The van der Waals surface area contributed by atoms with Crippen molar-refractivity contribution >= 4 is 0 Å². The Bertz CT molecular complexity index is 458. The molecule has 0 atom stereocenters. The summed E-state index contributed by atoms with van der Waals surface area (Å²) >= 11 is 0. The average Bonchev–Trinajstić information content (AvgIpc) is 2.84. The molecule has 0 fully saturated rings. The summed E-state index contributed by atoms with van der Waals surface area (Å²) in [5.74, 6) is 0.410. The van der Waals surface area contributed by atoms with E-state index in [1.165, 1.54) is 0 Å². The van der Waals surface area contributed by atoms with E-state index in [0.29, 0.717) is 18.5 Å². The highest BCUT2D eigenvalue weighted by molar-refractivity contribution is 5.13. The summed E-state index contributed by atoms with van der Waals surface area (Å²) in [5, 5.41) is 7.41. The van der Waals surface area contributed by atoms with Crippen LogP contribution in [0.25, 0.3) is 6.01 Å². The van der Waals surface area contributed by atoms with Crippen LogP contribution in [-0.2, 0) is 6.54 Å². The molecule has 0 aliphatic carbocycles. The van der Waals surface area contributed by atoms with Gasteiger partial charge in [0.25, 0.3) is 0 Å². The Morgan fingerprint density at radius 2 is 2.31 bits per heavy atom. The third-order valence-electron chi connectivity index (χ3n) is 2.29. The molecule has 2 aromatic heterocycles. The summed E-state index contributed by atoms with van der Waals surface area (Å²) in [7, 11) is 1.87. The number of nitrogens with zero attached hydrogens (tertiary/aromatic N) is 3. The first-order valence-corrected chi connectivity index (χ1v) is 5.35. The lowest BCUT2D eigenvalue weighted by Gasteiger charge is -1.97. The first kappa shape index (κ1) is 10.9. The highest BCUT2D eigenvalue weighted by atomic mass is 16.4. The minimum Gasteiger partial charge on any atom is -0.430 e. The number of nitrogens with one attached hydrogen (secondary N) is 1. The molecule has 0 aliphatic rings. The van der Waals surface area contributed by atoms with Gasteiger partial charge in [0.2, 0.25) is 0 Å². The SMILES string of the molecule is CNCc1coc(-n2ccc(C(C)C)n2)n1. The highest BCUT2D eigenvalue weighted by Gasteiger charge is 2.09. The lowest BCUT2D eigenvalue weighted by Crippen LogP contribution is -2.05. The molecular weight excluding hydrogens is 204 g/mol. The Kier molecular flexibility index (Phi) is 3.05. The molecule has 0 amide bonds. The Morgan fingerprint density at radius 3 is 2.94 bits per heavy atom. The predicted octanol–water partition coefficient (Wildman–Crippen LogP) is 1.70. The second-order valence-electron chi connectivity index (χ2n) is 3.99. The molecule has 1 N–H and O–H groups in total. The molecule has 16 heavy (non-hydrogen) atoms. The standard InChI is InChI=1S/C11H16N4O/c1-8(2)10-4-5-15(14-10)11-13-9(6-12-3)7-16-11/h4-5,7-8,12H,6H2,1-3H3. The van der Waals surface area contributed by atoms with Gasteiger partial charge < -0.3 is 9.73 Å². The van der Waals surface area contributed by atoms with E-state index in [2.05, 4.69) is 29.2 Å². The number of aromatic nitrogens is 3. The summed E-state index contributed by atoms with van der Waals surface area (Å²) in [6, 6.07) is 2.49. The Hall–Kier alpha value is -1.62. The molecule has 0 aliphatic heterocycles. The zero-order chi connectivity index (χ0) is 11.5. The number of hydrogen-bond acceptors (Lipinski definition) is 4. The monoisotopic (exact) mass is 220 g/mol. The number of hydrogen-bond donors (Lipinski definition) is 1. The van der Waals surface area contributed by atoms with E-state index < -0.39 is 0 Å². The third kappa shape index (κ3) is 2.14. The zero-order valence-corrected chi connectivity index (χ0v) is 9.77. The van der Waals surface area contributed by atoms with Gasteiger partial charge in [-0.05, 0) is 19.0 Å². The van der Waals surface area contributed by atoms with Crippen LogP contribution in [0, 0.1) is 0 Å². The molecule has 5 heteroatoms. The maximum atomic E-state index is 5.35. The molecule has 0 aromatic carbocycles. The van der Waals surface area contributed by atoms with E-state index in [1.54, 1.807) is 10.9 Å². The van der Waals surface area contributed by atoms with Gasteiger partial charge in [-0.25, -0.2) is 0 Å². The normalized spacial score (nSPS) is 11.2. The van der Waals surface area contributed by atoms with Crippen LogP contribution in [0.15, 0.2) is 22.9 Å². The van der Waals surface area contributed by atoms with Crippen LogP contribution in [-0.4, -0.2) is 21.8 Å². The van der Waals surface area contributed by atoms with Crippen LogP contribution < -0.4 is 5.32 Å². The molecule has 86 valence electrons. The summed E-state index contributed by atoms with van der Waals surface area (Å²) in [6.07, 6.45) is 3.51. The largest absolute Gasteiger partial charge is 0.430 e. The van der Waals surface area contributed by atoms with Crippen LogP contribution in [0.2, 0.25) is 0 Å². The van der Waals surface area contributed by atoms with Crippen LogP contribution in [0.1, 0.15) is 31.2 Å². The molecule has 0 radical (unpaired) electrons. The van der Waals surface area contributed by atoms with Crippen LogP contribution >= 0.6 is 0 Å². The Morgan fingerprint density at radius 1 is 1.50 bits per heavy atom. The van der Waals surface area contributed by atoms with Gasteiger partial charge in [0.05, 0.1) is 11.4 Å². The van der Waals surface area contributed by atoms with Gasteiger partial charge in [-0.15, -0.1) is 0 Å². The molecular formula is C11H16N4O. The Labute approximate surface area is 94.5 Å². The van der Waals surface area contributed by atoms with Gasteiger partial charge >= 0.3 is 6.01 Å². The van der Waals surface area contributed by atoms with Gasteiger partial charge in [0, 0.05) is 12.7 Å². The molecule has 5 nitrogen and oxygen atoms in total. The fourth-order valence-electron chi connectivity index (χ4n) is 1.42. The predicted molar refractivity (Wildman–Crippen MR) is 60.5 cm³/mol. The fraction of sp³-hybridized carbons (Fsp3) is 0.455. The molecule has 0 bridgehead atoms. The summed E-state index contributed by atoms with van der Waals surface area (Å²) in [4.78, 5) is 4.31.